The maximum Gasteiger partial charge on any atom is 0.191 e. The molecule has 2 heterocycles. The summed E-state index contributed by atoms with van der Waals surface area (Å²) in [6.07, 6.45) is 2.91. The normalized spacial score (nSPS) is 17.2. The lowest BCUT2D eigenvalue weighted by molar-refractivity contribution is 0.380. The molecule has 1 aromatic carbocycles. The van der Waals surface area contributed by atoms with Crippen LogP contribution in [0.3, 0.4) is 0 Å². The zero-order valence-electron chi connectivity index (χ0n) is 17.0. The van der Waals surface area contributed by atoms with Crippen molar-refractivity contribution in [2.45, 2.75) is 39.7 Å². The molecular formula is C21H30BrN5O. The molecule has 0 amide bonds. The van der Waals surface area contributed by atoms with E-state index in [0.717, 1.165) is 59.9 Å². The Morgan fingerprint density at radius 2 is 2.18 bits per heavy atom. The molecular weight excluding hydrogens is 418 g/mol. The molecule has 6 nitrogen and oxygen atoms in total. The van der Waals surface area contributed by atoms with Gasteiger partial charge in [0.2, 0.25) is 0 Å². The van der Waals surface area contributed by atoms with Gasteiger partial charge in [-0.25, -0.2) is 0 Å². The molecule has 7 heteroatoms. The van der Waals surface area contributed by atoms with Crippen LogP contribution in [0, 0.1) is 5.92 Å². The van der Waals surface area contributed by atoms with Crippen LogP contribution in [0.25, 0.3) is 0 Å². The van der Waals surface area contributed by atoms with Crippen molar-refractivity contribution in [3.05, 3.63) is 45.8 Å². The van der Waals surface area contributed by atoms with Gasteiger partial charge in [0.1, 0.15) is 5.76 Å². The van der Waals surface area contributed by atoms with Crippen LogP contribution < -0.4 is 15.5 Å². The molecule has 1 saturated heterocycles. The SMILES string of the molecule is CCc1noc(CC)c1CNC(=NC)NCC1CCN(c2cccc(Br)c2)C1. The zero-order valence-corrected chi connectivity index (χ0v) is 18.6. The second kappa shape index (κ2) is 9.96. The molecule has 0 radical (unpaired) electrons. The van der Waals surface area contributed by atoms with E-state index < -0.39 is 0 Å². The molecule has 1 aliphatic heterocycles. The number of hydrogen-bond acceptors (Lipinski definition) is 4. The molecule has 0 spiro atoms. The van der Waals surface area contributed by atoms with Gasteiger partial charge in [0, 0.05) is 55.4 Å². The lowest BCUT2D eigenvalue weighted by atomic mass is 10.1. The predicted octanol–water partition coefficient (Wildman–Crippen LogP) is 3.75. The Morgan fingerprint density at radius 3 is 2.89 bits per heavy atom. The van der Waals surface area contributed by atoms with Crippen molar-refractivity contribution in [2.24, 2.45) is 10.9 Å². The van der Waals surface area contributed by atoms with Gasteiger partial charge >= 0.3 is 0 Å². The van der Waals surface area contributed by atoms with Crippen LogP contribution in [-0.2, 0) is 19.4 Å². The number of nitrogens with one attached hydrogen (secondary N) is 2. The zero-order chi connectivity index (χ0) is 19.9. The Morgan fingerprint density at radius 1 is 1.32 bits per heavy atom. The van der Waals surface area contributed by atoms with Gasteiger partial charge in [-0.3, -0.25) is 4.99 Å². The molecule has 3 rings (SSSR count). The van der Waals surface area contributed by atoms with E-state index in [0.29, 0.717) is 12.5 Å². The number of rotatable bonds is 7. The summed E-state index contributed by atoms with van der Waals surface area (Å²) in [5.41, 5.74) is 3.47. The highest BCUT2D eigenvalue weighted by Gasteiger charge is 2.23. The van der Waals surface area contributed by atoms with Crippen LogP contribution in [0.4, 0.5) is 5.69 Å². The quantitative estimate of drug-likeness (QED) is 0.499. The Balaban J connectivity index is 1.49. The summed E-state index contributed by atoms with van der Waals surface area (Å²) in [6.45, 7) is 7.94. The number of benzene rings is 1. The highest BCUT2D eigenvalue weighted by atomic mass is 79.9. The third-order valence-electron chi connectivity index (χ3n) is 5.28. The lowest BCUT2D eigenvalue weighted by Gasteiger charge is -2.19. The minimum atomic E-state index is 0.602. The van der Waals surface area contributed by atoms with E-state index in [4.69, 9.17) is 4.52 Å². The number of guanidine groups is 1. The third kappa shape index (κ3) is 5.07. The van der Waals surface area contributed by atoms with Crippen LogP contribution in [0.15, 0.2) is 38.3 Å². The summed E-state index contributed by atoms with van der Waals surface area (Å²) in [5, 5.41) is 11.1. The molecule has 1 unspecified atom stereocenters. The molecule has 1 atom stereocenters. The van der Waals surface area contributed by atoms with Crippen molar-refractivity contribution in [1.82, 2.24) is 15.8 Å². The first kappa shape index (κ1) is 20.7. The maximum absolute atomic E-state index is 5.45. The molecule has 0 bridgehead atoms. The molecule has 28 heavy (non-hydrogen) atoms. The van der Waals surface area contributed by atoms with Crippen molar-refractivity contribution in [2.75, 3.05) is 31.6 Å². The van der Waals surface area contributed by atoms with E-state index in [1.165, 1.54) is 12.1 Å². The van der Waals surface area contributed by atoms with Crippen LogP contribution >= 0.6 is 15.9 Å². The molecule has 152 valence electrons. The topological polar surface area (TPSA) is 65.7 Å². The first-order valence-corrected chi connectivity index (χ1v) is 10.8. The summed E-state index contributed by atoms with van der Waals surface area (Å²) >= 11 is 3.56. The van der Waals surface area contributed by atoms with E-state index in [1.54, 1.807) is 0 Å². The summed E-state index contributed by atoms with van der Waals surface area (Å²) < 4.78 is 6.57. The standard InChI is InChI=1S/C21H30BrN5O/c1-4-19-18(20(5-2)28-26-19)13-25-21(23-3)24-12-15-9-10-27(14-15)17-8-6-7-16(22)11-17/h6-8,11,15H,4-5,9-10,12-14H2,1-3H3,(H2,23,24,25). The molecule has 1 aliphatic rings. The Kier molecular flexibility index (Phi) is 7.36. The Labute approximate surface area is 175 Å². The minimum absolute atomic E-state index is 0.602. The predicted molar refractivity (Wildman–Crippen MR) is 118 cm³/mol. The average Bonchev–Trinajstić information content (AvgIpc) is 3.34. The first-order chi connectivity index (χ1) is 13.6. The monoisotopic (exact) mass is 447 g/mol. The van der Waals surface area contributed by atoms with Gasteiger partial charge in [-0.15, -0.1) is 0 Å². The van der Waals surface area contributed by atoms with Gasteiger partial charge < -0.3 is 20.1 Å². The molecule has 1 aromatic heterocycles. The Hall–Kier alpha value is -2.02. The van der Waals surface area contributed by atoms with Crippen LogP contribution in [0.2, 0.25) is 0 Å². The second-order valence-corrected chi connectivity index (χ2v) is 8.04. The first-order valence-electron chi connectivity index (χ1n) is 10.1. The molecule has 2 N–H and O–H groups in total. The van der Waals surface area contributed by atoms with Gasteiger partial charge in [0.15, 0.2) is 5.96 Å². The Bertz CT molecular complexity index is 782. The molecule has 0 aliphatic carbocycles. The highest BCUT2D eigenvalue weighted by molar-refractivity contribution is 9.10. The van der Waals surface area contributed by atoms with E-state index in [2.05, 4.69) is 79.7 Å². The average molecular weight is 448 g/mol. The fraction of sp³-hybridized carbons (Fsp3) is 0.524. The highest BCUT2D eigenvalue weighted by Crippen LogP contribution is 2.26. The number of aliphatic imine (C=N–C) groups is 1. The maximum atomic E-state index is 5.45. The van der Waals surface area contributed by atoms with E-state index >= 15 is 0 Å². The van der Waals surface area contributed by atoms with Crippen molar-refractivity contribution in [1.29, 1.82) is 0 Å². The van der Waals surface area contributed by atoms with Gasteiger partial charge in [0.05, 0.1) is 5.69 Å². The summed E-state index contributed by atoms with van der Waals surface area (Å²) in [4.78, 5) is 6.82. The number of halogens is 1. The summed E-state index contributed by atoms with van der Waals surface area (Å²) in [7, 11) is 1.81. The van der Waals surface area contributed by atoms with Gasteiger partial charge in [-0.2, -0.15) is 0 Å². The smallest absolute Gasteiger partial charge is 0.191 e. The summed E-state index contributed by atoms with van der Waals surface area (Å²) in [6, 6.07) is 8.52. The van der Waals surface area contributed by atoms with Crippen molar-refractivity contribution < 1.29 is 4.52 Å². The van der Waals surface area contributed by atoms with Crippen molar-refractivity contribution in [3.8, 4) is 0 Å². The number of hydrogen-bond donors (Lipinski definition) is 2. The second-order valence-electron chi connectivity index (χ2n) is 7.13. The van der Waals surface area contributed by atoms with Crippen LogP contribution in [-0.4, -0.2) is 37.8 Å². The van der Waals surface area contributed by atoms with Crippen LogP contribution in [0.5, 0.6) is 0 Å². The minimum Gasteiger partial charge on any atom is -0.371 e. The van der Waals surface area contributed by atoms with Crippen molar-refractivity contribution >= 4 is 27.6 Å². The van der Waals surface area contributed by atoms with E-state index in [1.807, 2.05) is 7.05 Å². The number of nitrogens with zero attached hydrogens (tertiary/aromatic N) is 3. The summed E-state index contributed by atoms with van der Waals surface area (Å²) in [5.74, 6) is 2.39. The fourth-order valence-electron chi connectivity index (χ4n) is 3.68. The number of aromatic nitrogens is 1. The van der Waals surface area contributed by atoms with Crippen LogP contribution in [0.1, 0.15) is 37.3 Å². The molecule has 1 fully saturated rings. The number of anilines is 1. The molecule has 0 saturated carbocycles. The van der Waals surface area contributed by atoms with E-state index in [-0.39, 0.29) is 0 Å². The number of aryl methyl sites for hydroxylation is 2. The van der Waals surface area contributed by atoms with Gasteiger partial charge in [-0.1, -0.05) is 41.0 Å². The van der Waals surface area contributed by atoms with Crippen molar-refractivity contribution in [3.63, 3.8) is 0 Å². The third-order valence-corrected chi connectivity index (χ3v) is 5.77. The lowest BCUT2D eigenvalue weighted by Crippen LogP contribution is -2.40. The fourth-order valence-corrected chi connectivity index (χ4v) is 4.07. The molecule has 2 aromatic rings. The van der Waals surface area contributed by atoms with Gasteiger partial charge in [0.25, 0.3) is 0 Å². The van der Waals surface area contributed by atoms with E-state index in [9.17, 15) is 0 Å². The largest absolute Gasteiger partial charge is 0.371 e. The van der Waals surface area contributed by atoms with Gasteiger partial charge in [-0.05, 0) is 37.0 Å².